The zero-order valence-electron chi connectivity index (χ0n) is 11.1. The molecule has 1 aliphatic carbocycles. The molecule has 0 aromatic carbocycles. The topological polar surface area (TPSA) is 61.0 Å². The molecule has 4 heteroatoms. The summed E-state index contributed by atoms with van der Waals surface area (Å²) in [6, 6.07) is 2.08. The first kappa shape index (κ1) is 13.3. The average Bonchev–Trinajstić information content (AvgIpc) is 2.40. The Kier molecular flexibility index (Phi) is 4.93. The number of nitrogens with two attached hydrogens (primary N) is 1. The standard InChI is InChI=1S/C14H23N3O/c1-18-14-9-13(16-10-17-14)8-12(15)7-11-5-3-2-4-6-11/h9-12H,2-8,15H2,1H3. The first-order valence-electron chi connectivity index (χ1n) is 6.88. The number of hydrogen-bond acceptors (Lipinski definition) is 4. The molecule has 4 nitrogen and oxygen atoms in total. The molecule has 18 heavy (non-hydrogen) atoms. The Hall–Kier alpha value is -1.16. The van der Waals surface area contributed by atoms with Crippen LogP contribution in [0.1, 0.15) is 44.2 Å². The highest BCUT2D eigenvalue weighted by atomic mass is 16.5. The Bertz CT molecular complexity index is 364. The largest absolute Gasteiger partial charge is 0.481 e. The van der Waals surface area contributed by atoms with Crippen molar-refractivity contribution >= 4 is 0 Å². The molecule has 2 N–H and O–H groups in total. The fraction of sp³-hybridized carbons (Fsp3) is 0.714. The maximum atomic E-state index is 6.23. The van der Waals surface area contributed by atoms with Gasteiger partial charge < -0.3 is 10.5 Å². The number of methoxy groups -OCH3 is 1. The van der Waals surface area contributed by atoms with Crippen molar-refractivity contribution in [2.75, 3.05) is 7.11 Å². The molecule has 1 unspecified atom stereocenters. The van der Waals surface area contributed by atoms with Crippen molar-refractivity contribution in [2.45, 2.75) is 51.0 Å². The van der Waals surface area contributed by atoms with Crippen LogP contribution in [0.2, 0.25) is 0 Å². The first-order chi connectivity index (χ1) is 8.78. The fourth-order valence-corrected chi connectivity index (χ4v) is 2.80. The molecule has 0 saturated heterocycles. The van der Waals surface area contributed by atoms with Gasteiger partial charge in [0.2, 0.25) is 5.88 Å². The van der Waals surface area contributed by atoms with Gasteiger partial charge >= 0.3 is 0 Å². The second-order valence-electron chi connectivity index (χ2n) is 5.26. The zero-order valence-corrected chi connectivity index (χ0v) is 11.1. The lowest BCUT2D eigenvalue weighted by atomic mass is 9.84. The summed E-state index contributed by atoms with van der Waals surface area (Å²) in [5.41, 5.74) is 7.20. The molecule has 1 atom stereocenters. The van der Waals surface area contributed by atoms with E-state index in [1.165, 1.54) is 32.1 Å². The molecule has 1 aromatic heterocycles. The minimum Gasteiger partial charge on any atom is -0.481 e. The third-order valence-corrected chi connectivity index (χ3v) is 3.74. The van der Waals surface area contributed by atoms with Gasteiger partial charge in [0, 0.05) is 24.2 Å². The number of rotatable bonds is 5. The van der Waals surface area contributed by atoms with Crippen LogP contribution in [0, 0.1) is 5.92 Å². The van der Waals surface area contributed by atoms with Crippen LogP contribution in [-0.4, -0.2) is 23.1 Å². The Balaban J connectivity index is 1.83. The van der Waals surface area contributed by atoms with E-state index in [-0.39, 0.29) is 6.04 Å². The molecule has 0 amide bonds. The number of hydrogen-bond donors (Lipinski definition) is 1. The highest BCUT2D eigenvalue weighted by Gasteiger charge is 2.17. The highest BCUT2D eigenvalue weighted by molar-refractivity contribution is 5.14. The van der Waals surface area contributed by atoms with Gasteiger partial charge in [-0.3, -0.25) is 0 Å². The Morgan fingerprint density at radius 1 is 1.33 bits per heavy atom. The molecule has 0 spiro atoms. The normalized spacial score (nSPS) is 18.6. The van der Waals surface area contributed by atoms with E-state index < -0.39 is 0 Å². The Labute approximate surface area is 109 Å². The lowest BCUT2D eigenvalue weighted by molar-refractivity contribution is 0.316. The summed E-state index contributed by atoms with van der Waals surface area (Å²) in [6.45, 7) is 0. The SMILES string of the molecule is COc1cc(CC(N)CC2CCCCC2)ncn1. The van der Waals surface area contributed by atoms with Gasteiger partial charge in [0.15, 0.2) is 0 Å². The summed E-state index contributed by atoms with van der Waals surface area (Å²) in [5.74, 6) is 1.43. The van der Waals surface area contributed by atoms with E-state index in [2.05, 4.69) is 9.97 Å². The minimum atomic E-state index is 0.202. The lowest BCUT2D eigenvalue weighted by Gasteiger charge is -2.24. The third-order valence-electron chi connectivity index (χ3n) is 3.74. The predicted molar refractivity (Wildman–Crippen MR) is 71.5 cm³/mol. The Morgan fingerprint density at radius 2 is 2.11 bits per heavy atom. The molecule has 0 radical (unpaired) electrons. The van der Waals surface area contributed by atoms with Crippen molar-refractivity contribution < 1.29 is 4.74 Å². The van der Waals surface area contributed by atoms with Crippen molar-refractivity contribution in [2.24, 2.45) is 11.7 Å². The predicted octanol–water partition coefficient (Wildman–Crippen LogP) is 2.33. The second kappa shape index (κ2) is 6.69. The van der Waals surface area contributed by atoms with Crippen molar-refractivity contribution in [3.63, 3.8) is 0 Å². The van der Waals surface area contributed by atoms with Crippen molar-refractivity contribution in [3.05, 3.63) is 18.1 Å². The lowest BCUT2D eigenvalue weighted by Crippen LogP contribution is -2.27. The van der Waals surface area contributed by atoms with Crippen LogP contribution in [0.4, 0.5) is 0 Å². The van der Waals surface area contributed by atoms with Gasteiger partial charge in [-0.1, -0.05) is 32.1 Å². The van der Waals surface area contributed by atoms with Gasteiger partial charge in [-0.2, -0.15) is 0 Å². The molecule has 1 heterocycles. The number of ether oxygens (including phenoxy) is 1. The van der Waals surface area contributed by atoms with E-state index in [0.717, 1.165) is 24.5 Å². The average molecular weight is 249 g/mol. The third kappa shape index (κ3) is 3.95. The van der Waals surface area contributed by atoms with Crippen molar-refractivity contribution in [3.8, 4) is 5.88 Å². The molecule has 0 aliphatic heterocycles. The fourth-order valence-electron chi connectivity index (χ4n) is 2.80. The van der Waals surface area contributed by atoms with Crippen molar-refractivity contribution in [1.82, 2.24) is 9.97 Å². The summed E-state index contributed by atoms with van der Waals surface area (Å²) < 4.78 is 5.09. The van der Waals surface area contributed by atoms with Crippen LogP contribution in [0.25, 0.3) is 0 Å². The summed E-state index contributed by atoms with van der Waals surface area (Å²) in [4.78, 5) is 8.26. The number of nitrogens with zero attached hydrogens (tertiary/aromatic N) is 2. The summed E-state index contributed by atoms with van der Waals surface area (Å²) in [7, 11) is 1.62. The van der Waals surface area contributed by atoms with Gasteiger partial charge in [0.25, 0.3) is 0 Å². The molecular weight excluding hydrogens is 226 g/mol. The molecule has 1 saturated carbocycles. The van der Waals surface area contributed by atoms with Gasteiger partial charge in [-0.05, 0) is 12.3 Å². The van der Waals surface area contributed by atoms with Gasteiger partial charge in [-0.15, -0.1) is 0 Å². The summed E-state index contributed by atoms with van der Waals surface area (Å²) >= 11 is 0. The van der Waals surface area contributed by atoms with Crippen LogP contribution in [-0.2, 0) is 6.42 Å². The maximum absolute atomic E-state index is 6.23. The molecule has 1 aliphatic rings. The van der Waals surface area contributed by atoms with Crippen molar-refractivity contribution in [1.29, 1.82) is 0 Å². The van der Waals surface area contributed by atoms with E-state index >= 15 is 0 Å². The van der Waals surface area contributed by atoms with Crippen LogP contribution >= 0.6 is 0 Å². The van der Waals surface area contributed by atoms with Gasteiger partial charge in [0.05, 0.1) is 7.11 Å². The van der Waals surface area contributed by atoms with Crippen LogP contribution in [0.15, 0.2) is 12.4 Å². The van der Waals surface area contributed by atoms with Gasteiger partial charge in [0.1, 0.15) is 6.33 Å². The monoisotopic (exact) mass is 249 g/mol. The molecular formula is C14H23N3O. The highest BCUT2D eigenvalue weighted by Crippen LogP contribution is 2.27. The van der Waals surface area contributed by atoms with Crippen LogP contribution in [0.5, 0.6) is 5.88 Å². The van der Waals surface area contributed by atoms with E-state index in [9.17, 15) is 0 Å². The van der Waals surface area contributed by atoms with Crippen LogP contribution in [0.3, 0.4) is 0 Å². The maximum Gasteiger partial charge on any atom is 0.216 e. The molecule has 1 fully saturated rings. The molecule has 1 aromatic rings. The van der Waals surface area contributed by atoms with E-state index in [0.29, 0.717) is 5.88 Å². The Morgan fingerprint density at radius 3 is 2.83 bits per heavy atom. The van der Waals surface area contributed by atoms with E-state index in [1.807, 2.05) is 6.07 Å². The smallest absolute Gasteiger partial charge is 0.216 e. The first-order valence-corrected chi connectivity index (χ1v) is 6.88. The molecule has 2 rings (SSSR count). The van der Waals surface area contributed by atoms with E-state index in [4.69, 9.17) is 10.5 Å². The van der Waals surface area contributed by atoms with E-state index in [1.54, 1.807) is 13.4 Å². The second-order valence-corrected chi connectivity index (χ2v) is 5.26. The quantitative estimate of drug-likeness (QED) is 0.870. The molecule has 100 valence electrons. The van der Waals surface area contributed by atoms with Gasteiger partial charge in [-0.25, -0.2) is 9.97 Å². The summed E-state index contributed by atoms with van der Waals surface area (Å²) in [5, 5.41) is 0. The summed E-state index contributed by atoms with van der Waals surface area (Å²) in [6.07, 6.45) is 10.3. The van der Waals surface area contributed by atoms with Crippen LogP contribution < -0.4 is 10.5 Å². The zero-order chi connectivity index (χ0) is 12.8. The molecule has 0 bridgehead atoms. The number of aromatic nitrogens is 2. The minimum absolute atomic E-state index is 0.202.